The number of aromatic nitrogens is 2. The van der Waals surface area contributed by atoms with Gasteiger partial charge in [0.15, 0.2) is 5.96 Å². The molecule has 0 radical (unpaired) electrons. The fourth-order valence-corrected chi connectivity index (χ4v) is 3.74. The molecule has 0 bridgehead atoms. The number of hydrogen-bond acceptors (Lipinski definition) is 4. The molecule has 0 amide bonds. The lowest BCUT2D eigenvalue weighted by Gasteiger charge is -2.12. The summed E-state index contributed by atoms with van der Waals surface area (Å²) in [5, 5.41) is 7.74. The van der Waals surface area contributed by atoms with Gasteiger partial charge >= 0.3 is 0 Å². The molecular formula is C21H26IN5OS. The van der Waals surface area contributed by atoms with E-state index in [2.05, 4.69) is 44.9 Å². The van der Waals surface area contributed by atoms with Crippen LogP contribution in [0, 0.1) is 13.8 Å². The lowest BCUT2D eigenvalue weighted by atomic mass is 10.1. The Kier molecular flexibility index (Phi) is 8.84. The second-order valence-electron chi connectivity index (χ2n) is 6.50. The van der Waals surface area contributed by atoms with Crippen molar-refractivity contribution in [2.45, 2.75) is 33.5 Å². The average molecular weight is 523 g/mol. The predicted octanol–water partition coefficient (Wildman–Crippen LogP) is 3.45. The summed E-state index contributed by atoms with van der Waals surface area (Å²) in [4.78, 5) is 21.8. The Morgan fingerprint density at radius 2 is 1.76 bits per heavy atom. The number of benzene rings is 1. The topological polar surface area (TPSA) is 71.3 Å². The van der Waals surface area contributed by atoms with Crippen molar-refractivity contribution >= 4 is 41.3 Å². The summed E-state index contributed by atoms with van der Waals surface area (Å²) in [5.41, 5.74) is 3.32. The van der Waals surface area contributed by atoms with Crippen molar-refractivity contribution in [2.24, 2.45) is 4.99 Å². The molecule has 29 heavy (non-hydrogen) atoms. The molecule has 0 saturated heterocycles. The van der Waals surface area contributed by atoms with Gasteiger partial charge in [-0.2, -0.15) is 0 Å². The Labute approximate surface area is 192 Å². The Morgan fingerprint density at radius 3 is 2.38 bits per heavy atom. The van der Waals surface area contributed by atoms with Gasteiger partial charge < -0.3 is 15.2 Å². The zero-order valence-corrected chi connectivity index (χ0v) is 20.0. The number of thiazole rings is 1. The van der Waals surface area contributed by atoms with Crippen molar-refractivity contribution in [3.05, 3.63) is 85.7 Å². The van der Waals surface area contributed by atoms with Gasteiger partial charge in [0.05, 0.1) is 23.8 Å². The largest absolute Gasteiger partial charge is 0.352 e. The minimum absolute atomic E-state index is 0. The number of pyridine rings is 1. The van der Waals surface area contributed by atoms with Gasteiger partial charge in [0.1, 0.15) is 0 Å². The standard InChI is InChI=1S/C21H25N5OS.HI/c1-15-19(28-16(2)25-15)13-24-21(22-3)23-12-17-7-9-18(10-8-17)14-26-11-5-4-6-20(26)27;/h4-11H,12-14H2,1-3H3,(H2,22,23,24);1H. The quantitative estimate of drug-likeness (QED) is 0.295. The smallest absolute Gasteiger partial charge is 0.250 e. The maximum atomic E-state index is 11.8. The van der Waals surface area contributed by atoms with Gasteiger partial charge in [-0.1, -0.05) is 30.3 Å². The summed E-state index contributed by atoms with van der Waals surface area (Å²) in [5.74, 6) is 0.755. The van der Waals surface area contributed by atoms with E-state index in [1.807, 2.05) is 19.9 Å². The second kappa shape index (κ2) is 11.1. The molecule has 0 aliphatic heterocycles. The molecule has 0 atom stereocenters. The minimum Gasteiger partial charge on any atom is -0.352 e. The Bertz CT molecular complexity index is 1010. The molecule has 0 fully saturated rings. The van der Waals surface area contributed by atoms with Gasteiger partial charge in [-0.25, -0.2) is 4.98 Å². The monoisotopic (exact) mass is 523 g/mol. The van der Waals surface area contributed by atoms with E-state index in [1.54, 1.807) is 41.3 Å². The van der Waals surface area contributed by atoms with Crippen molar-refractivity contribution in [3.8, 4) is 0 Å². The van der Waals surface area contributed by atoms with E-state index >= 15 is 0 Å². The van der Waals surface area contributed by atoms with Crippen molar-refractivity contribution in [2.75, 3.05) is 7.05 Å². The van der Waals surface area contributed by atoms with Crippen LogP contribution in [0.2, 0.25) is 0 Å². The molecule has 3 aromatic rings. The molecule has 2 N–H and O–H groups in total. The van der Waals surface area contributed by atoms with Crippen LogP contribution in [0.15, 0.2) is 58.4 Å². The van der Waals surface area contributed by atoms with Crippen molar-refractivity contribution in [3.63, 3.8) is 0 Å². The summed E-state index contributed by atoms with van der Waals surface area (Å²) in [7, 11) is 1.76. The van der Waals surface area contributed by atoms with Gasteiger partial charge in [0.2, 0.25) is 0 Å². The summed E-state index contributed by atoms with van der Waals surface area (Å²) >= 11 is 1.70. The zero-order chi connectivity index (χ0) is 19.9. The number of nitrogens with zero attached hydrogens (tertiary/aromatic N) is 3. The van der Waals surface area contributed by atoms with E-state index in [-0.39, 0.29) is 29.5 Å². The maximum absolute atomic E-state index is 11.8. The maximum Gasteiger partial charge on any atom is 0.250 e. The Hall–Kier alpha value is -2.20. The lowest BCUT2D eigenvalue weighted by molar-refractivity contribution is 0.758. The van der Waals surface area contributed by atoms with Crippen molar-refractivity contribution < 1.29 is 0 Å². The highest BCUT2D eigenvalue weighted by Crippen LogP contribution is 2.16. The first kappa shape index (κ1) is 23.1. The molecule has 154 valence electrons. The van der Waals surface area contributed by atoms with E-state index in [0.717, 1.165) is 27.8 Å². The summed E-state index contributed by atoms with van der Waals surface area (Å²) in [6, 6.07) is 13.4. The normalized spacial score (nSPS) is 11.1. The predicted molar refractivity (Wildman–Crippen MR) is 130 cm³/mol. The van der Waals surface area contributed by atoms with E-state index in [4.69, 9.17) is 0 Å². The van der Waals surface area contributed by atoms with Gasteiger partial charge in [0, 0.05) is 30.7 Å². The van der Waals surface area contributed by atoms with Crippen LogP contribution in [-0.2, 0) is 19.6 Å². The highest BCUT2D eigenvalue weighted by molar-refractivity contribution is 14.0. The average Bonchev–Trinajstić information content (AvgIpc) is 3.02. The van der Waals surface area contributed by atoms with E-state index in [9.17, 15) is 4.79 Å². The third-order valence-electron chi connectivity index (χ3n) is 4.37. The van der Waals surface area contributed by atoms with Crippen LogP contribution in [0.25, 0.3) is 0 Å². The fraction of sp³-hybridized carbons (Fsp3) is 0.286. The van der Waals surface area contributed by atoms with Crippen LogP contribution in [-0.4, -0.2) is 22.6 Å². The van der Waals surface area contributed by atoms with E-state index in [0.29, 0.717) is 19.6 Å². The first-order valence-electron chi connectivity index (χ1n) is 9.16. The summed E-state index contributed by atoms with van der Waals surface area (Å²) < 4.78 is 1.70. The summed E-state index contributed by atoms with van der Waals surface area (Å²) in [6.07, 6.45) is 1.81. The molecule has 8 heteroatoms. The van der Waals surface area contributed by atoms with Crippen molar-refractivity contribution in [1.29, 1.82) is 0 Å². The molecule has 6 nitrogen and oxygen atoms in total. The highest BCUT2D eigenvalue weighted by Gasteiger charge is 2.06. The fourth-order valence-electron chi connectivity index (χ4n) is 2.86. The van der Waals surface area contributed by atoms with Gasteiger partial charge in [-0.15, -0.1) is 35.3 Å². The van der Waals surface area contributed by atoms with Crippen LogP contribution in [0.3, 0.4) is 0 Å². The van der Waals surface area contributed by atoms with Gasteiger partial charge in [0.25, 0.3) is 5.56 Å². The van der Waals surface area contributed by atoms with E-state index in [1.165, 1.54) is 4.88 Å². The molecule has 0 aliphatic rings. The number of aryl methyl sites for hydroxylation is 2. The summed E-state index contributed by atoms with van der Waals surface area (Å²) in [6.45, 7) is 6.01. The first-order valence-corrected chi connectivity index (χ1v) is 9.97. The number of rotatable bonds is 6. The number of guanidine groups is 1. The zero-order valence-electron chi connectivity index (χ0n) is 16.8. The first-order chi connectivity index (χ1) is 13.5. The number of halogens is 1. The van der Waals surface area contributed by atoms with Crippen LogP contribution in [0.5, 0.6) is 0 Å². The highest BCUT2D eigenvalue weighted by atomic mass is 127. The van der Waals surface area contributed by atoms with Crippen molar-refractivity contribution in [1.82, 2.24) is 20.2 Å². The molecule has 0 spiro atoms. The molecule has 1 aromatic carbocycles. The third-order valence-corrected chi connectivity index (χ3v) is 5.45. The minimum atomic E-state index is 0. The Morgan fingerprint density at radius 1 is 1.07 bits per heavy atom. The number of hydrogen-bond donors (Lipinski definition) is 2. The third kappa shape index (κ3) is 6.67. The lowest BCUT2D eigenvalue weighted by Crippen LogP contribution is -2.36. The number of nitrogens with one attached hydrogen (secondary N) is 2. The molecule has 0 unspecified atom stereocenters. The number of aliphatic imine (C=N–C) groups is 1. The molecular weight excluding hydrogens is 497 g/mol. The molecule has 0 saturated carbocycles. The molecule has 3 rings (SSSR count). The SMILES string of the molecule is CN=C(NCc1ccc(Cn2ccccc2=O)cc1)NCc1sc(C)nc1C.I. The molecule has 2 aromatic heterocycles. The Balaban J connectivity index is 0.00000300. The van der Waals surface area contributed by atoms with Crippen LogP contribution in [0.1, 0.15) is 26.7 Å². The second-order valence-corrected chi connectivity index (χ2v) is 7.79. The van der Waals surface area contributed by atoms with Crippen LogP contribution in [0.4, 0.5) is 0 Å². The van der Waals surface area contributed by atoms with Crippen LogP contribution < -0.4 is 16.2 Å². The molecule has 2 heterocycles. The van der Waals surface area contributed by atoms with Crippen LogP contribution >= 0.6 is 35.3 Å². The van der Waals surface area contributed by atoms with Gasteiger partial charge in [-0.3, -0.25) is 9.79 Å². The van der Waals surface area contributed by atoms with Gasteiger partial charge in [-0.05, 0) is 31.0 Å². The van der Waals surface area contributed by atoms with E-state index < -0.39 is 0 Å². The molecule has 0 aliphatic carbocycles.